The van der Waals surface area contributed by atoms with Crippen molar-refractivity contribution >= 4 is 22.0 Å². The SMILES string of the molecule is Cc1ccc(C#N)cc1NS(=O)(=O)NC(=O)OC(C)C. The van der Waals surface area contributed by atoms with Crippen molar-refractivity contribution in [3.63, 3.8) is 0 Å². The van der Waals surface area contributed by atoms with Gasteiger partial charge in [0.05, 0.1) is 23.4 Å². The summed E-state index contributed by atoms with van der Waals surface area (Å²) in [7, 11) is -4.11. The molecule has 0 aliphatic carbocycles. The summed E-state index contributed by atoms with van der Waals surface area (Å²) in [6.07, 6.45) is -1.50. The van der Waals surface area contributed by atoms with Gasteiger partial charge in [0, 0.05) is 0 Å². The molecule has 0 saturated carbocycles. The number of nitrogens with zero attached hydrogens (tertiary/aromatic N) is 1. The van der Waals surface area contributed by atoms with Gasteiger partial charge in [-0.05, 0) is 38.5 Å². The predicted octanol–water partition coefficient (Wildman–Crippen LogP) is 1.66. The van der Waals surface area contributed by atoms with Crippen LogP contribution in [0.3, 0.4) is 0 Å². The van der Waals surface area contributed by atoms with E-state index in [4.69, 9.17) is 5.26 Å². The Morgan fingerprint density at radius 1 is 1.40 bits per heavy atom. The van der Waals surface area contributed by atoms with Gasteiger partial charge in [-0.25, -0.2) is 9.52 Å². The molecule has 1 rings (SSSR count). The summed E-state index contributed by atoms with van der Waals surface area (Å²) in [6.45, 7) is 4.87. The van der Waals surface area contributed by atoms with Crippen molar-refractivity contribution in [3.8, 4) is 6.07 Å². The van der Waals surface area contributed by atoms with Crippen molar-refractivity contribution in [2.45, 2.75) is 26.9 Å². The van der Waals surface area contributed by atoms with E-state index in [-0.39, 0.29) is 5.69 Å². The molecule has 1 aromatic carbocycles. The molecule has 20 heavy (non-hydrogen) atoms. The zero-order valence-electron chi connectivity index (χ0n) is 11.3. The van der Waals surface area contributed by atoms with Gasteiger partial charge in [-0.15, -0.1) is 0 Å². The summed E-state index contributed by atoms with van der Waals surface area (Å²) in [5, 5.41) is 8.78. The summed E-state index contributed by atoms with van der Waals surface area (Å²) in [4.78, 5) is 11.3. The first-order chi connectivity index (χ1) is 9.23. The topological polar surface area (TPSA) is 108 Å². The highest BCUT2D eigenvalue weighted by atomic mass is 32.2. The maximum Gasteiger partial charge on any atom is 0.422 e. The second-order valence-corrected chi connectivity index (χ2v) is 5.72. The second-order valence-electron chi connectivity index (χ2n) is 4.30. The quantitative estimate of drug-likeness (QED) is 0.878. The smallest absolute Gasteiger partial charge is 0.422 e. The molecule has 0 aromatic heterocycles. The summed E-state index contributed by atoms with van der Waals surface area (Å²) < 4.78 is 32.0. The minimum Gasteiger partial charge on any atom is -0.446 e. The van der Waals surface area contributed by atoms with E-state index in [9.17, 15) is 13.2 Å². The van der Waals surface area contributed by atoms with Gasteiger partial charge in [0.25, 0.3) is 0 Å². The second kappa shape index (κ2) is 6.25. The molecule has 0 aliphatic heterocycles. The molecular formula is C12H15N3O4S. The van der Waals surface area contributed by atoms with Gasteiger partial charge in [0.15, 0.2) is 0 Å². The first-order valence-corrected chi connectivity index (χ1v) is 7.24. The fourth-order valence-corrected chi connectivity index (χ4v) is 2.15. The molecule has 108 valence electrons. The Balaban J connectivity index is 2.87. The molecule has 0 fully saturated rings. The molecule has 7 nitrogen and oxygen atoms in total. The third-order valence-corrected chi connectivity index (χ3v) is 3.10. The van der Waals surface area contributed by atoms with Crippen molar-refractivity contribution in [1.29, 1.82) is 5.26 Å². The van der Waals surface area contributed by atoms with Crippen LogP contribution >= 0.6 is 0 Å². The van der Waals surface area contributed by atoms with Crippen LogP contribution in [0.15, 0.2) is 18.2 Å². The van der Waals surface area contributed by atoms with Crippen LogP contribution in [0.2, 0.25) is 0 Å². The number of aryl methyl sites for hydroxylation is 1. The Bertz CT molecular complexity index is 647. The molecule has 1 aromatic rings. The first-order valence-electron chi connectivity index (χ1n) is 5.75. The molecule has 2 N–H and O–H groups in total. The van der Waals surface area contributed by atoms with Crippen LogP contribution in [0.25, 0.3) is 0 Å². The number of nitriles is 1. The Morgan fingerprint density at radius 3 is 2.60 bits per heavy atom. The third kappa shape index (κ3) is 4.78. The van der Waals surface area contributed by atoms with Gasteiger partial charge in [0.1, 0.15) is 0 Å². The van der Waals surface area contributed by atoms with Crippen LogP contribution < -0.4 is 9.44 Å². The molecular weight excluding hydrogens is 282 g/mol. The van der Waals surface area contributed by atoms with E-state index in [1.807, 2.05) is 6.07 Å². The largest absolute Gasteiger partial charge is 0.446 e. The maximum absolute atomic E-state index is 11.7. The van der Waals surface area contributed by atoms with E-state index >= 15 is 0 Å². The summed E-state index contributed by atoms with van der Waals surface area (Å²) in [6, 6.07) is 6.44. The van der Waals surface area contributed by atoms with Crippen molar-refractivity contribution in [1.82, 2.24) is 4.72 Å². The van der Waals surface area contributed by atoms with Gasteiger partial charge in [-0.1, -0.05) is 6.07 Å². The first kappa shape index (κ1) is 15.8. The minimum absolute atomic E-state index is 0.217. The van der Waals surface area contributed by atoms with Crippen molar-refractivity contribution in [3.05, 3.63) is 29.3 Å². The molecule has 0 unspecified atom stereocenters. The molecule has 0 aliphatic rings. The number of ether oxygens (including phenoxy) is 1. The Labute approximate surface area is 117 Å². The highest BCUT2D eigenvalue weighted by Gasteiger charge is 2.17. The lowest BCUT2D eigenvalue weighted by molar-refractivity contribution is 0.121. The van der Waals surface area contributed by atoms with Gasteiger partial charge < -0.3 is 4.74 Å². The van der Waals surface area contributed by atoms with Crippen molar-refractivity contribution in [2.24, 2.45) is 0 Å². The van der Waals surface area contributed by atoms with E-state index in [0.717, 1.165) is 0 Å². The number of amides is 1. The van der Waals surface area contributed by atoms with E-state index in [1.165, 1.54) is 6.07 Å². The Morgan fingerprint density at radius 2 is 2.05 bits per heavy atom. The molecule has 8 heteroatoms. The normalized spacial score (nSPS) is 10.8. The average molecular weight is 297 g/mol. The zero-order valence-corrected chi connectivity index (χ0v) is 12.1. The minimum atomic E-state index is -4.11. The van der Waals surface area contributed by atoms with Gasteiger partial charge in [0.2, 0.25) is 0 Å². The molecule has 0 atom stereocenters. The summed E-state index contributed by atoms with van der Waals surface area (Å²) in [5.74, 6) is 0. The number of carbonyl (C=O) groups is 1. The molecule has 0 heterocycles. The molecule has 0 radical (unpaired) electrons. The van der Waals surface area contributed by atoms with Gasteiger partial charge in [-0.2, -0.15) is 13.7 Å². The fourth-order valence-electron chi connectivity index (χ4n) is 1.32. The molecule has 0 bridgehead atoms. The standard InChI is InChI=1S/C12H15N3O4S/c1-8(2)19-12(16)15-20(17,18)14-11-6-10(7-13)5-4-9(11)3/h4-6,8,14H,1-3H3,(H,15,16). The van der Waals surface area contributed by atoms with Gasteiger partial charge >= 0.3 is 16.3 Å². The van der Waals surface area contributed by atoms with Crippen LogP contribution in [-0.4, -0.2) is 20.6 Å². The Kier molecular flexibility index (Phi) is 4.94. The molecule has 1 amide bonds. The van der Waals surface area contributed by atoms with Crippen LogP contribution in [0.5, 0.6) is 0 Å². The monoisotopic (exact) mass is 297 g/mol. The van der Waals surface area contributed by atoms with E-state index in [2.05, 4.69) is 9.46 Å². The number of rotatable bonds is 4. The number of hydrogen-bond acceptors (Lipinski definition) is 5. The maximum atomic E-state index is 11.7. The predicted molar refractivity (Wildman–Crippen MR) is 73.2 cm³/mol. The van der Waals surface area contributed by atoms with Crippen LogP contribution in [0, 0.1) is 18.3 Å². The van der Waals surface area contributed by atoms with Crippen molar-refractivity contribution in [2.75, 3.05) is 4.72 Å². The Hall–Kier alpha value is -2.27. The number of benzene rings is 1. The fraction of sp³-hybridized carbons (Fsp3) is 0.333. The third-order valence-electron chi connectivity index (χ3n) is 2.17. The highest BCUT2D eigenvalue weighted by molar-refractivity contribution is 7.91. The lowest BCUT2D eigenvalue weighted by atomic mass is 10.1. The number of hydrogen-bond donors (Lipinski definition) is 2. The number of nitrogens with one attached hydrogen (secondary N) is 2. The van der Waals surface area contributed by atoms with E-state index in [0.29, 0.717) is 11.1 Å². The zero-order chi connectivity index (χ0) is 15.3. The number of anilines is 1. The highest BCUT2D eigenvalue weighted by Crippen LogP contribution is 2.17. The van der Waals surface area contributed by atoms with Crippen LogP contribution in [0.4, 0.5) is 10.5 Å². The molecule has 0 saturated heterocycles. The van der Waals surface area contributed by atoms with Crippen LogP contribution in [-0.2, 0) is 14.9 Å². The van der Waals surface area contributed by atoms with E-state index in [1.54, 1.807) is 37.6 Å². The van der Waals surface area contributed by atoms with Gasteiger partial charge in [-0.3, -0.25) is 4.72 Å². The number of carbonyl (C=O) groups excluding carboxylic acids is 1. The average Bonchev–Trinajstić information content (AvgIpc) is 2.29. The lowest BCUT2D eigenvalue weighted by Crippen LogP contribution is -2.37. The van der Waals surface area contributed by atoms with E-state index < -0.39 is 22.4 Å². The lowest BCUT2D eigenvalue weighted by Gasteiger charge is -2.13. The van der Waals surface area contributed by atoms with Crippen molar-refractivity contribution < 1.29 is 17.9 Å². The summed E-state index contributed by atoms with van der Waals surface area (Å²) in [5.41, 5.74) is 1.14. The summed E-state index contributed by atoms with van der Waals surface area (Å²) >= 11 is 0. The molecule has 0 spiro atoms. The van der Waals surface area contributed by atoms with Crippen LogP contribution in [0.1, 0.15) is 25.0 Å².